The first-order valence-electron chi connectivity index (χ1n) is 58.8. The van der Waals surface area contributed by atoms with E-state index in [1.165, 1.54) is 132 Å². The van der Waals surface area contributed by atoms with Crippen LogP contribution in [0.2, 0.25) is 30.8 Å². The van der Waals surface area contributed by atoms with Crippen molar-refractivity contribution in [2.24, 2.45) is 136 Å². The summed E-state index contributed by atoms with van der Waals surface area (Å²) in [5, 5.41) is 37.5. The monoisotopic (exact) mass is 2290 g/mol. The van der Waals surface area contributed by atoms with Crippen LogP contribution in [0.4, 0.5) is 3.47 Å². The van der Waals surface area contributed by atoms with E-state index < -0.39 is 51.4 Å². The van der Waals surface area contributed by atoms with Crippen LogP contribution in [0.25, 0.3) is 39.1 Å². The Morgan fingerprint density at radius 1 is 0.531 bits per heavy atom. The Morgan fingerprint density at radius 2 is 0.986 bits per heavy atom. The van der Waals surface area contributed by atoms with E-state index in [-0.39, 0.29) is 34.1 Å². The molecule has 1 heterocycles. The Kier molecular flexibility index (Phi) is 34.6. The average Bonchev–Trinajstić information content (AvgIpc) is 1.41. The van der Waals surface area contributed by atoms with Gasteiger partial charge < -0.3 is 47.4 Å². The van der Waals surface area contributed by atoms with Crippen molar-refractivity contribution in [1.29, 1.82) is 0 Å². The fraction of sp³-hybridized carbons (Fsp3) is 0.787. The summed E-state index contributed by atoms with van der Waals surface area (Å²) in [5.74, 6) is 21.5. The molecule has 0 spiro atoms. The molecular formula is C122H182AsBBrClFINO14PSi. The minimum atomic E-state index is -6.59. The number of rotatable bonds is 22. The normalized spacial score (nSPS) is 36.8. The third-order valence-electron chi connectivity index (χ3n) is 43.4. The zero-order chi connectivity index (χ0) is 102. The molecular weight excluding hydrogens is 2110 g/mol. The molecule has 3 N–H and O–H groups in total. The molecule has 145 heavy (non-hydrogen) atoms. The summed E-state index contributed by atoms with van der Waals surface area (Å²) in [5.41, 5.74) is 11.7. The van der Waals surface area contributed by atoms with Gasteiger partial charge >= 0.3 is 412 Å². The molecule has 804 valence electrons. The third-order valence-corrected chi connectivity index (χ3v) is 62.6. The summed E-state index contributed by atoms with van der Waals surface area (Å²) in [4.78, 5) is 0. The number of nitrogens with zero attached hydrogens (tertiary/aromatic N) is 1. The number of terminal acetylenes is 1. The van der Waals surface area contributed by atoms with E-state index in [1.807, 2.05) is 5.56 Å². The van der Waals surface area contributed by atoms with Crippen LogP contribution in [0.1, 0.15) is 307 Å². The van der Waals surface area contributed by atoms with Crippen molar-refractivity contribution in [1.82, 2.24) is 3.82 Å². The molecule has 20 atom stereocenters. The first kappa shape index (κ1) is 110. The Labute approximate surface area is 898 Å². The summed E-state index contributed by atoms with van der Waals surface area (Å²) in [7, 11) is 2.33. The molecule has 0 aromatic heterocycles. The maximum absolute atomic E-state index is 19.4. The molecule has 21 rings (SSSR count). The van der Waals surface area contributed by atoms with Crippen LogP contribution in [0.5, 0.6) is 0 Å². The molecule has 17 aliphatic rings. The van der Waals surface area contributed by atoms with Crippen LogP contribution in [0.3, 0.4) is 0 Å². The van der Waals surface area contributed by atoms with Gasteiger partial charge in [0, 0.05) is 5.41 Å². The molecule has 17 fully saturated rings. The van der Waals surface area contributed by atoms with Crippen LogP contribution >= 0.6 is 51.9 Å². The van der Waals surface area contributed by atoms with E-state index in [4.69, 9.17) is 75.1 Å². The summed E-state index contributed by atoms with van der Waals surface area (Å²) < 4.78 is 91.0. The number of hydrogen-bond acceptors (Lipinski definition) is 15. The number of halogens is 4. The Hall–Kier alpha value is -1.46. The molecule has 16 aliphatic carbocycles. The minimum absolute atomic E-state index is 0.174. The number of fused-ring (bicyclic) bond motifs is 8. The molecule has 0 bridgehead atoms. The van der Waals surface area contributed by atoms with E-state index in [0.717, 1.165) is 222 Å². The number of aliphatic hydroxyl groups is 3. The van der Waals surface area contributed by atoms with Crippen molar-refractivity contribution >= 4 is 95.9 Å². The second kappa shape index (κ2) is 45.5. The molecule has 0 radical (unpaired) electrons. The fourth-order valence-electron chi connectivity index (χ4n) is 37.0. The first-order valence-corrected chi connectivity index (χ1v) is 76.9. The maximum atomic E-state index is 19.4. The Morgan fingerprint density at radius 3 is 1.50 bits per heavy atom. The first-order chi connectivity index (χ1) is 69.7. The van der Waals surface area contributed by atoms with Crippen molar-refractivity contribution < 1.29 is 70.9 Å². The molecule has 4 aromatic carbocycles. The van der Waals surface area contributed by atoms with Crippen LogP contribution in [-0.4, -0.2) is 194 Å². The van der Waals surface area contributed by atoms with Gasteiger partial charge in [-0.15, -0.1) is 0 Å². The summed E-state index contributed by atoms with van der Waals surface area (Å²) in [6.07, 6.45) is 46.7. The molecule has 23 heteroatoms. The predicted octanol–water partition coefficient (Wildman–Crippen LogP) is 27.9. The van der Waals surface area contributed by atoms with Gasteiger partial charge in [-0.1, -0.05) is 70.2 Å². The predicted molar refractivity (Wildman–Crippen MR) is 604 cm³/mol. The quantitative estimate of drug-likeness (QED) is 0.0224. The zero-order valence-corrected chi connectivity index (χ0v) is 98.8. The molecule has 1 aliphatic heterocycles. The molecule has 16 saturated carbocycles. The van der Waals surface area contributed by atoms with Gasteiger partial charge in [-0.3, -0.25) is 0 Å². The van der Waals surface area contributed by atoms with Crippen molar-refractivity contribution in [2.75, 3.05) is 126 Å². The van der Waals surface area contributed by atoms with E-state index in [1.54, 1.807) is 31.3 Å². The molecule has 1 saturated heterocycles. The van der Waals surface area contributed by atoms with Crippen LogP contribution in [-0.2, 0) is 57.5 Å². The van der Waals surface area contributed by atoms with Crippen LogP contribution in [0.15, 0.2) is 67.2 Å². The van der Waals surface area contributed by atoms with Gasteiger partial charge in [0.15, 0.2) is 0 Å². The Bertz CT molecular complexity index is 5040. The number of benzene rings is 4. The van der Waals surface area contributed by atoms with Gasteiger partial charge in [0.2, 0.25) is 0 Å². The molecule has 15 nitrogen and oxygen atoms in total. The average molecular weight is 2290 g/mol. The summed E-state index contributed by atoms with van der Waals surface area (Å²) in [6.45, 7) is 34.3. The van der Waals surface area contributed by atoms with Gasteiger partial charge in [0.05, 0.1) is 132 Å². The van der Waals surface area contributed by atoms with E-state index in [2.05, 4.69) is 169 Å². The summed E-state index contributed by atoms with van der Waals surface area (Å²) >= 11 is 5.15. The second-order valence-electron chi connectivity index (χ2n) is 51.9. The Balaban J connectivity index is 0.754. The van der Waals surface area contributed by atoms with Crippen molar-refractivity contribution in [3.63, 3.8) is 0 Å². The fourth-order valence-corrected chi connectivity index (χ4v) is 61.1. The van der Waals surface area contributed by atoms with Crippen LogP contribution in [0, 0.1) is 148 Å². The van der Waals surface area contributed by atoms with Crippen molar-refractivity contribution in [2.45, 2.75) is 344 Å². The number of hydrogen-bond donors (Lipinski definition) is 3. The van der Waals surface area contributed by atoms with E-state index in [0.29, 0.717) is 167 Å². The van der Waals surface area contributed by atoms with Crippen LogP contribution < -0.4 is 5.30 Å². The number of ether oxygens (including phenoxy) is 11. The molecule has 0 amide bonds. The van der Waals surface area contributed by atoms with Gasteiger partial charge in [0.25, 0.3) is 0 Å². The molecule has 4 aromatic rings. The molecule has 20 unspecified atom stereocenters. The van der Waals surface area contributed by atoms with Crippen molar-refractivity contribution in [3.8, 4) is 34.6 Å². The van der Waals surface area contributed by atoms with Gasteiger partial charge in [-0.25, -0.2) is 0 Å². The van der Waals surface area contributed by atoms with Crippen molar-refractivity contribution in [3.05, 3.63) is 95.1 Å². The standard InChI is InChI=1S/C122H182AsBBrClFINO14PSi/c1-15-81-76-106(144(120(95-47-48-95,94-28-22-29-94)93-26-19-20-27-93)118(10,11)143-121(124(12)13,145(14,78(3)4)117(7,8)9)129(122(130,131)132)123(125,126,127)128)96(16-2)108(107(81)91-44-38-82-23-17-18-24-88(82)72-91)92-74-103(86-35-32-79(5)31-34-83(37-39-86)89-42-40-85-46-50-100-99-49-45-84-25-21-30-97(84)98(99)51-52-101(100)102(85)73-89)113(119-114-110-109-111(114)116(119)112(109)115(110)119)104(75-92)87-36-33-80(6)71-90(43-41-87)105-77-141-68-67-139-64-63-137-60-59-135-56-55-133-53-54-134-57-58-136-61-62-138-65-66-140-69-70-142-105/h1,16-18,23-24,38,44,72,74-76,78-80,83-87,89-90,93-95,97-102,105,109-112,114-116,130-132H,2,19-22,25-37,39-43,45-71,73,77H2,3-14H3. The zero-order valence-electron chi connectivity index (χ0n) is 90.5. The summed E-state index contributed by atoms with van der Waals surface area (Å²) in [6, 6.07) is 24.3. The van der Waals surface area contributed by atoms with Gasteiger partial charge in [-0.05, 0) is 239 Å². The van der Waals surface area contributed by atoms with E-state index in [9.17, 15) is 15.3 Å². The third kappa shape index (κ3) is 20.8. The van der Waals surface area contributed by atoms with E-state index >= 15 is 3.47 Å². The van der Waals surface area contributed by atoms with Gasteiger partial charge in [-0.2, -0.15) is 0 Å². The SMILES string of the molecule is C#Cc1cc(P(C(C)(C)OC(B(C)C)(N(C(O)(O)O)[As](F)(Cl)(Br)I)[Si](C)(C(C)C)C(C)(C)C)C(C2CCCC2)(C2CCC2)C2CC2)c(C=C)c(-c2cc(C3CCC(C)CCC(C4CCC5CCC6C(CCC7C8CCCC8CCC76)C5C4)CC3)c(C34C5C6C7C5C3C7C64)c(C3CCC(C)CC(C4COCCOCCOCCOCCOCCOCCOCCOCCOCCO4)CC3)c2)c1-c1ccc2ccccc2c1. The second-order valence-corrected chi connectivity index (χ2v) is 95.5. The topological polar surface area (TPSA) is 165 Å². The van der Waals surface area contributed by atoms with Gasteiger partial charge in [0.1, 0.15) is 0 Å².